The van der Waals surface area contributed by atoms with Crippen LogP contribution in [0.4, 0.5) is 0 Å². The Labute approximate surface area is 139 Å². The molecule has 1 amide bonds. The molecule has 24 heavy (non-hydrogen) atoms. The molecule has 1 saturated heterocycles. The number of fused-ring (bicyclic) bond motifs is 1. The van der Waals surface area contributed by atoms with E-state index in [2.05, 4.69) is 20.4 Å². The average Bonchev–Trinajstić information content (AvgIpc) is 3.20. The molecule has 0 radical (unpaired) electrons. The fraction of sp³-hybridized carbons (Fsp3) is 0.375. The first-order valence-electron chi connectivity index (χ1n) is 7.95. The van der Waals surface area contributed by atoms with Gasteiger partial charge in [0.2, 0.25) is 0 Å². The summed E-state index contributed by atoms with van der Waals surface area (Å²) < 4.78 is 3.59. The SMILES string of the molecule is Cc1ccn2ncc(C(=O)N3CCNCC3c3nccn3C)c2n1. The maximum atomic E-state index is 13.2. The van der Waals surface area contributed by atoms with E-state index in [9.17, 15) is 4.79 Å². The number of nitrogens with zero attached hydrogens (tertiary/aromatic N) is 6. The van der Waals surface area contributed by atoms with E-state index in [0.717, 1.165) is 18.1 Å². The number of nitrogens with one attached hydrogen (secondary N) is 1. The van der Waals surface area contributed by atoms with Gasteiger partial charge in [-0.2, -0.15) is 5.10 Å². The molecule has 3 aromatic heterocycles. The van der Waals surface area contributed by atoms with Gasteiger partial charge in [0.25, 0.3) is 5.91 Å². The Morgan fingerprint density at radius 2 is 2.25 bits per heavy atom. The standard InChI is InChI=1S/C16H19N7O/c1-11-3-6-23-14(20-11)12(9-19-23)16(24)22-8-4-17-10-13(22)15-18-5-7-21(15)2/h3,5-7,9,13,17H,4,8,10H2,1-2H3. The number of aryl methyl sites for hydroxylation is 2. The third-order valence-corrected chi connectivity index (χ3v) is 4.40. The van der Waals surface area contributed by atoms with Gasteiger partial charge in [-0.05, 0) is 13.0 Å². The monoisotopic (exact) mass is 325 g/mol. The van der Waals surface area contributed by atoms with E-state index in [1.54, 1.807) is 16.9 Å². The van der Waals surface area contributed by atoms with Crippen molar-refractivity contribution >= 4 is 11.6 Å². The average molecular weight is 325 g/mol. The second-order valence-electron chi connectivity index (χ2n) is 6.01. The smallest absolute Gasteiger partial charge is 0.260 e. The van der Waals surface area contributed by atoms with Gasteiger partial charge in [-0.25, -0.2) is 14.5 Å². The highest BCUT2D eigenvalue weighted by Crippen LogP contribution is 2.23. The molecule has 1 aliphatic rings. The summed E-state index contributed by atoms with van der Waals surface area (Å²) in [7, 11) is 1.94. The summed E-state index contributed by atoms with van der Waals surface area (Å²) in [5.74, 6) is 0.814. The Morgan fingerprint density at radius 3 is 3.04 bits per heavy atom. The third-order valence-electron chi connectivity index (χ3n) is 4.40. The number of aromatic nitrogens is 5. The number of rotatable bonds is 2. The van der Waals surface area contributed by atoms with Crippen LogP contribution in [0, 0.1) is 6.92 Å². The predicted octanol–water partition coefficient (Wildman–Crippen LogP) is 0.558. The second kappa shape index (κ2) is 5.72. The van der Waals surface area contributed by atoms with E-state index in [1.807, 2.05) is 41.9 Å². The van der Waals surface area contributed by atoms with Crippen molar-refractivity contribution in [3.63, 3.8) is 0 Å². The molecule has 0 spiro atoms. The Bertz CT molecular complexity index is 897. The van der Waals surface area contributed by atoms with Crippen LogP contribution in [0.1, 0.15) is 27.9 Å². The Kier molecular flexibility index (Phi) is 3.53. The number of carbonyl (C=O) groups excluding carboxylic acids is 1. The molecule has 1 fully saturated rings. The van der Waals surface area contributed by atoms with Crippen molar-refractivity contribution in [3.05, 3.63) is 47.9 Å². The highest BCUT2D eigenvalue weighted by Gasteiger charge is 2.32. The zero-order chi connectivity index (χ0) is 16.7. The summed E-state index contributed by atoms with van der Waals surface area (Å²) >= 11 is 0. The van der Waals surface area contributed by atoms with E-state index >= 15 is 0 Å². The second-order valence-corrected chi connectivity index (χ2v) is 6.01. The van der Waals surface area contributed by atoms with Gasteiger partial charge in [0.05, 0.1) is 6.20 Å². The molecule has 0 saturated carbocycles. The largest absolute Gasteiger partial charge is 0.336 e. The zero-order valence-corrected chi connectivity index (χ0v) is 13.7. The van der Waals surface area contributed by atoms with Gasteiger partial charge in [0.1, 0.15) is 17.4 Å². The number of carbonyl (C=O) groups is 1. The molecule has 3 aromatic rings. The summed E-state index contributed by atoms with van der Waals surface area (Å²) in [6, 6.07) is 1.77. The van der Waals surface area contributed by atoms with Crippen molar-refractivity contribution in [2.45, 2.75) is 13.0 Å². The van der Waals surface area contributed by atoms with E-state index in [0.29, 0.717) is 24.3 Å². The van der Waals surface area contributed by atoms with Gasteiger partial charge in [0, 0.05) is 51.0 Å². The first-order chi connectivity index (χ1) is 11.6. The molecular formula is C16H19N7O. The lowest BCUT2D eigenvalue weighted by molar-refractivity contribution is 0.0622. The summed E-state index contributed by atoms with van der Waals surface area (Å²) in [6.07, 6.45) is 7.07. The zero-order valence-electron chi connectivity index (χ0n) is 13.7. The molecule has 8 nitrogen and oxygen atoms in total. The number of amides is 1. The summed E-state index contributed by atoms with van der Waals surface area (Å²) in [5, 5.41) is 7.59. The molecule has 0 aromatic carbocycles. The molecule has 8 heteroatoms. The summed E-state index contributed by atoms with van der Waals surface area (Å²) in [6.45, 7) is 3.98. The topological polar surface area (TPSA) is 80.4 Å². The van der Waals surface area contributed by atoms with E-state index in [1.165, 1.54) is 0 Å². The number of piperazine rings is 1. The maximum absolute atomic E-state index is 13.2. The third kappa shape index (κ3) is 2.35. The minimum atomic E-state index is -0.106. The summed E-state index contributed by atoms with van der Waals surface area (Å²) in [4.78, 5) is 23.9. The minimum absolute atomic E-state index is 0.0578. The van der Waals surface area contributed by atoms with E-state index in [-0.39, 0.29) is 11.9 Å². The van der Waals surface area contributed by atoms with Crippen molar-refractivity contribution in [2.24, 2.45) is 7.05 Å². The molecule has 124 valence electrons. The van der Waals surface area contributed by atoms with Crippen LogP contribution in [-0.4, -0.2) is 54.6 Å². The van der Waals surface area contributed by atoms with E-state index in [4.69, 9.17) is 0 Å². The lowest BCUT2D eigenvalue weighted by atomic mass is 10.1. The molecule has 1 unspecified atom stereocenters. The van der Waals surface area contributed by atoms with Gasteiger partial charge in [0.15, 0.2) is 5.65 Å². The van der Waals surface area contributed by atoms with Crippen LogP contribution in [0.15, 0.2) is 30.9 Å². The van der Waals surface area contributed by atoms with Gasteiger partial charge in [-0.15, -0.1) is 0 Å². The first-order valence-corrected chi connectivity index (χ1v) is 7.95. The van der Waals surface area contributed by atoms with Crippen LogP contribution in [0.3, 0.4) is 0 Å². The number of hydrogen-bond acceptors (Lipinski definition) is 5. The van der Waals surface area contributed by atoms with Crippen LogP contribution < -0.4 is 5.32 Å². The fourth-order valence-electron chi connectivity index (χ4n) is 3.14. The highest BCUT2D eigenvalue weighted by molar-refractivity contribution is 5.99. The van der Waals surface area contributed by atoms with Crippen molar-refractivity contribution in [1.82, 2.24) is 34.4 Å². The van der Waals surface area contributed by atoms with Crippen molar-refractivity contribution in [2.75, 3.05) is 19.6 Å². The molecule has 0 bridgehead atoms. The fourth-order valence-corrected chi connectivity index (χ4v) is 3.14. The van der Waals surface area contributed by atoms with Gasteiger partial charge >= 0.3 is 0 Å². The highest BCUT2D eigenvalue weighted by atomic mass is 16.2. The molecule has 1 N–H and O–H groups in total. The minimum Gasteiger partial charge on any atom is -0.336 e. The van der Waals surface area contributed by atoms with Crippen molar-refractivity contribution < 1.29 is 4.79 Å². The predicted molar refractivity (Wildman–Crippen MR) is 87.6 cm³/mol. The van der Waals surface area contributed by atoms with Crippen LogP contribution in [0.25, 0.3) is 5.65 Å². The van der Waals surface area contributed by atoms with Crippen molar-refractivity contribution in [1.29, 1.82) is 0 Å². The molecular weight excluding hydrogens is 306 g/mol. The number of imidazole rings is 1. The lowest BCUT2D eigenvalue weighted by Crippen LogP contribution is -2.49. The molecule has 4 heterocycles. The molecule has 4 rings (SSSR count). The lowest BCUT2D eigenvalue weighted by Gasteiger charge is -2.35. The van der Waals surface area contributed by atoms with Gasteiger partial charge in [-0.1, -0.05) is 0 Å². The van der Waals surface area contributed by atoms with Crippen LogP contribution in [0.2, 0.25) is 0 Å². The van der Waals surface area contributed by atoms with Gasteiger partial charge < -0.3 is 14.8 Å². The maximum Gasteiger partial charge on any atom is 0.260 e. The normalized spacial score (nSPS) is 18.2. The molecule has 1 atom stereocenters. The molecule has 1 aliphatic heterocycles. The van der Waals surface area contributed by atoms with Crippen LogP contribution in [-0.2, 0) is 7.05 Å². The Hall–Kier alpha value is -2.74. The quantitative estimate of drug-likeness (QED) is 0.744. The number of hydrogen-bond donors (Lipinski definition) is 1. The van der Waals surface area contributed by atoms with Crippen LogP contribution in [0.5, 0.6) is 0 Å². The Balaban J connectivity index is 1.73. The Morgan fingerprint density at radius 1 is 1.38 bits per heavy atom. The van der Waals surface area contributed by atoms with Crippen LogP contribution >= 0.6 is 0 Å². The summed E-state index contributed by atoms with van der Waals surface area (Å²) in [5.41, 5.74) is 1.98. The van der Waals surface area contributed by atoms with E-state index < -0.39 is 0 Å². The van der Waals surface area contributed by atoms with Gasteiger partial charge in [-0.3, -0.25) is 4.79 Å². The molecule has 0 aliphatic carbocycles. The first kappa shape index (κ1) is 14.8. The van der Waals surface area contributed by atoms with Crippen molar-refractivity contribution in [3.8, 4) is 0 Å².